The molecule has 2 amide bonds. The number of hydrogen-bond donors (Lipinski definition) is 3. The number of amides is 2. The molecule has 43 heavy (non-hydrogen) atoms. The first kappa shape index (κ1) is 34.3. The van der Waals surface area contributed by atoms with Crippen LogP contribution in [0.1, 0.15) is 23.2 Å². The van der Waals surface area contributed by atoms with Gasteiger partial charge in [0, 0.05) is 56.4 Å². The molecule has 10 nitrogen and oxygen atoms in total. The number of nitrogens with one attached hydrogen (secondary N) is 3. The van der Waals surface area contributed by atoms with Crippen LogP contribution >= 0.6 is 37.2 Å². The first-order valence-corrected chi connectivity index (χ1v) is 13.9. The van der Waals surface area contributed by atoms with Crippen LogP contribution in [0.2, 0.25) is 0 Å². The lowest BCUT2D eigenvalue weighted by atomic mass is 10.1. The van der Waals surface area contributed by atoms with E-state index in [9.17, 15) is 9.59 Å². The van der Waals surface area contributed by atoms with E-state index in [1.54, 1.807) is 6.08 Å². The number of aryl methyl sites for hydroxylation is 1. The molecular weight excluding hydrogens is 611 g/mol. The minimum absolute atomic E-state index is 0. The van der Waals surface area contributed by atoms with Crippen LogP contribution in [0.5, 0.6) is 0 Å². The van der Waals surface area contributed by atoms with Crippen molar-refractivity contribution in [2.75, 3.05) is 33.7 Å². The normalized spacial score (nSPS) is 18.0. The van der Waals surface area contributed by atoms with Gasteiger partial charge in [0.15, 0.2) is 5.82 Å². The molecule has 0 unspecified atom stereocenters. The van der Waals surface area contributed by atoms with E-state index in [0.29, 0.717) is 31.1 Å². The van der Waals surface area contributed by atoms with E-state index in [0.717, 1.165) is 40.1 Å². The summed E-state index contributed by atoms with van der Waals surface area (Å²) in [6.45, 7) is 2.82. The van der Waals surface area contributed by atoms with Crippen molar-refractivity contribution in [3.8, 4) is 11.5 Å². The highest BCUT2D eigenvalue weighted by Gasteiger charge is 2.30. The maximum absolute atomic E-state index is 13.3. The van der Waals surface area contributed by atoms with E-state index in [1.807, 2.05) is 62.6 Å². The van der Waals surface area contributed by atoms with Gasteiger partial charge in [0.1, 0.15) is 5.65 Å². The monoisotopic (exact) mass is 648 g/mol. The standard InChI is InChI=1S/C30H36N8O2.3ClH/c1-36(2)13-5-7-27(39)33-23-16-31-17-24(23)35-30(40)21-10-11-25-22(14-21)34-29(37(25)3)26-15-20-6-4-12-32-28(20)38(26)18-19-8-9-19;;;/h4-7,10-12,14-15,19,23-24,31H,8-9,13,16-18H2,1-3H3,(H,33,39)(H,35,40);3*1H/b7-5+;;;/t23-,24-;;;/m0.../s1. The Balaban J connectivity index is 0.00000169. The Kier molecular flexibility index (Phi) is 11.6. The smallest absolute Gasteiger partial charge is 0.251 e. The molecule has 232 valence electrons. The van der Waals surface area contributed by atoms with Crippen molar-refractivity contribution >= 4 is 71.1 Å². The number of imidazole rings is 1. The van der Waals surface area contributed by atoms with Gasteiger partial charge < -0.3 is 30.0 Å². The second-order valence-corrected chi connectivity index (χ2v) is 11.2. The lowest BCUT2D eigenvalue weighted by Gasteiger charge is -2.20. The Labute approximate surface area is 269 Å². The molecule has 6 rings (SSSR count). The van der Waals surface area contributed by atoms with Crippen LogP contribution in [0, 0.1) is 5.92 Å². The van der Waals surface area contributed by atoms with Crippen molar-refractivity contribution in [2.45, 2.75) is 31.5 Å². The molecule has 1 aliphatic carbocycles. The third-order valence-electron chi connectivity index (χ3n) is 7.76. The SMILES string of the molecule is CN(C)C/C=C/C(=O)N[C@H]1CNC[C@@H]1NC(=O)c1ccc2c(c1)nc(-c1cc3cccnc3n1CC1CC1)n2C.Cl.Cl.Cl. The number of rotatable bonds is 9. The zero-order chi connectivity index (χ0) is 27.8. The predicted molar refractivity (Wildman–Crippen MR) is 178 cm³/mol. The van der Waals surface area contributed by atoms with E-state index in [4.69, 9.17) is 4.98 Å². The predicted octanol–water partition coefficient (Wildman–Crippen LogP) is 3.57. The molecule has 0 bridgehead atoms. The molecule has 2 fully saturated rings. The van der Waals surface area contributed by atoms with E-state index < -0.39 is 0 Å². The number of halogens is 3. The zero-order valence-corrected chi connectivity index (χ0v) is 26.9. The molecule has 3 aromatic heterocycles. The number of pyridine rings is 1. The fourth-order valence-electron chi connectivity index (χ4n) is 5.42. The number of hydrogen-bond acceptors (Lipinski definition) is 6. The molecule has 1 aliphatic heterocycles. The molecule has 2 atom stereocenters. The maximum atomic E-state index is 13.3. The summed E-state index contributed by atoms with van der Waals surface area (Å²) in [7, 11) is 5.91. The molecule has 1 saturated heterocycles. The number of benzene rings is 1. The van der Waals surface area contributed by atoms with Gasteiger partial charge in [-0.2, -0.15) is 0 Å². The van der Waals surface area contributed by atoms with E-state index >= 15 is 0 Å². The van der Waals surface area contributed by atoms with Gasteiger partial charge in [-0.25, -0.2) is 9.97 Å². The number of carbonyl (C=O) groups excluding carboxylic acids is 2. The second kappa shape index (κ2) is 14.5. The summed E-state index contributed by atoms with van der Waals surface area (Å²) >= 11 is 0. The fraction of sp³-hybridized carbons (Fsp3) is 0.400. The van der Waals surface area contributed by atoms with Gasteiger partial charge in [-0.15, -0.1) is 37.2 Å². The van der Waals surface area contributed by atoms with Crippen LogP contribution in [0.15, 0.2) is 54.7 Å². The molecular formula is C30H39Cl3N8O2. The van der Waals surface area contributed by atoms with E-state index in [2.05, 4.69) is 42.2 Å². The van der Waals surface area contributed by atoms with Crippen molar-refractivity contribution < 1.29 is 9.59 Å². The molecule has 13 heteroatoms. The zero-order valence-electron chi connectivity index (χ0n) is 24.4. The average molecular weight is 650 g/mol. The summed E-state index contributed by atoms with van der Waals surface area (Å²) in [5.74, 6) is 1.20. The molecule has 4 aromatic rings. The summed E-state index contributed by atoms with van der Waals surface area (Å²) in [5, 5.41) is 10.5. The Hall–Kier alpha value is -3.15. The van der Waals surface area contributed by atoms with Gasteiger partial charge >= 0.3 is 0 Å². The number of nitrogens with zero attached hydrogens (tertiary/aromatic N) is 5. The van der Waals surface area contributed by atoms with Gasteiger partial charge in [0.05, 0.1) is 28.8 Å². The fourth-order valence-corrected chi connectivity index (χ4v) is 5.42. The third-order valence-corrected chi connectivity index (χ3v) is 7.76. The summed E-state index contributed by atoms with van der Waals surface area (Å²) < 4.78 is 4.38. The number of fused-ring (bicyclic) bond motifs is 2. The van der Waals surface area contributed by atoms with Gasteiger partial charge in [0.2, 0.25) is 5.91 Å². The minimum atomic E-state index is -0.209. The Morgan fingerprint density at radius 1 is 1.07 bits per heavy atom. The van der Waals surface area contributed by atoms with Crippen LogP contribution < -0.4 is 16.0 Å². The van der Waals surface area contributed by atoms with Crippen LogP contribution in [0.25, 0.3) is 33.6 Å². The molecule has 4 heterocycles. The number of likely N-dealkylation sites (N-methyl/N-ethyl adjacent to an activating group) is 1. The third kappa shape index (κ3) is 7.50. The van der Waals surface area contributed by atoms with Crippen LogP contribution in [-0.4, -0.2) is 81.6 Å². The van der Waals surface area contributed by atoms with Crippen LogP contribution in [-0.2, 0) is 18.4 Å². The lowest BCUT2D eigenvalue weighted by Crippen LogP contribution is -2.50. The second-order valence-electron chi connectivity index (χ2n) is 11.2. The van der Waals surface area contributed by atoms with E-state index in [1.165, 1.54) is 12.8 Å². The molecule has 0 radical (unpaired) electrons. The topological polar surface area (TPSA) is 109 Å². The Morgan fingerprint density at radius 2 is 1.81 bits per heavy atom. The van der Waals surface area contributed by atoms with Crippen molar-refractivity contribution in [2.24, 2.45) is 13.0 Å². The largest absolute Gasteiger partial charge is 0.346 e. The number of carbonyl (C=O) groups is 2. The van der Waals surface area contributed by atoms with Gasteiger partial charge in [-0.1, -0.05) is 6.08 Å². The Bertz CT molecular complexity index is 1610. The first-order valence-electron chi connectivity index (χ1n) is 13.9. The van der Waals surface area contributed by atoms with Crippen molar-refractivity contribution in [1.29, 1.82) is 0 Å². The van der Waals surface area contributed by atoms with Crippen molar-refractivity contribution in [1.82, 2.24) is 40.0 Å². The average Bonchev–Trinajstić information content (AvgIpc) is 3.41. The highest BCUT2D eigenvalue weighted by molar-refractivity contribution is 5.98. The van der Waals surface area contributed by atoms with Gasteiger partial charge in [0.25, 0.3) is 5.91 Å². The van der Waals surface area contributed by atoms with Crippen molar-refractivity contribution in [3.05, 3.63) is 60.3 Å². The molecule has 1 aromatic carbocycles. The molecule has 0 spiro atoms. The van der Waals surface area contributed by atoms with Crippen molar-refractivity contribution in [3.63, 3.8) is 0 Å². The van der Waals surface area contributed by atoms with E-state index in [-0.39, 0.29) is 61.1 Å². The number of aromatic nitrogens is 4. The molecule has 2 aliphatic rings. The summed E-state index contributed by atoms with van der Waals surface area (Å²) in [4.78, 5) is 37.2. The highest BCUT2D eigenvalue weighted by Crippen LogP contribution is 2.35. The Morgan fingerprint density at radius 3 is 2.53 bits per heavy atom. The highest BCUT2D eigenvalue weighted by atomic mass is 35.5. The molecule has 1 saturated carbocycles. The molecule has 3 N–H and O–H groups in total. The van der Waals surface area contributed by atoms with Gasteiger partial charge in [-0.3, -0.25) is 9.59 Å². The van der Waals surface area contributed by atoms with Crippen LogP contribution in [0.4, 0.5) is 0 Å². The van der Waals surface area contributed by atoms with Crippen LogP contribution in [0.3, 0.4) is 0 Å². The quantitative estimate of drug-likeness (QED) is 0.239. The maximum Gasteiger partial charge on any atom is 0.251 e. The van der Waals surface area contributed by atoms with Gasteiger partial charge in [-0.05, 0) is 69.3 Å². The summed E-state index contributed by atoms with van der Waals surface area (Å²) in [6.07, 6.45) is 7.71. The summed E-state index contributed by atoms with van der Waals surface area (Å²) in [5.41, 5.74) is 4.29. The first-order chi connectivity index (χ1) is 19.4. The lowest BCUT2D eigenvalue weighted by molar-refractivity contribution is -0.117. The summed E-state index contributed by atoms with van der Waals surface area (Å²) in [6, 6.07) is 11.5. The minimum Gasteiger partial charge on any atom is -0.346 e.